The number of rotatable bonds is 5. The van der Waals surface area contributed by atoms with Gasteiger partial charge in [0.25, 0.3) is 5.91 Å². The molecule has 1 heterocycles. The van der Waals surface area contributed by atoms with Gasteiger partial charge in [0.15, 0.2) is 0 Å². The molecule has 6 heteroatoms. The molecule has 0 fully saturated rings. The molecule has 2 aromatic rings. The molecule has 112 valence electrons. The van der Waals surface area contributed by atoms with Gasteiger partial charge in [-0.25, -0.2) is 0 Å². The fourth-order valence-corrected chi connectivity index (χ4v) is 2.57. The highest BCUT2D eigenvalue weighted by Crippen LogP contribution is 2.25. The maximum atomic E-state index is 12.4. The number of carbonyl (C=O) groups excluding carboxylic acids is 1. The van der Waals surface area contributed by atoms with Crippen molar-refractivity contribution >= 4 is 33.2 Å². The van der Waals surface area contributed by atoms with Crippen molar-refractivity contribution in [1.29, 1.82) is 0 Å². The molecule has 0 aliphatic carbocycles. The number of nitrogens with zero attached hydrogens (tertiary/aromatic N) is 1. The van der Waals surface area contributed by atoms with Crippen LogP contribution in [0.15, 0.2) is 34.9 Å². The number of nitrogen functional groups attached to an aromatic ring is 1. The van der Waals surface area contributed by atoms with Crippen LogP contribution in [0, 0.1) is 0 Å². The Morgan fingerprint density at radius 2 is 2.14 bits per heavy atom. The summed E-state index contributed by atoms with van der Waals surface area (Å²) in [5.74, 6) is 0.475. The zero-order chi connectivity index (χ0) is 15.4. The lowest BCUT2D eigenvalue weighted by Crippen LogP contribution is -2.16. The number of ether oxygens (including phenoxy) is 1. The van der Waals surface area contributed by atoms with Gasteiger partial charge in [-0.05, 0) is 24.6 Å². The number of aryl methyl sites for hydroxylation is 1. The van der Waals surface area contributed by atoms with Gasteiger partial charge >= 0.3 is 0 Å². The average molecular weight is 352 g/mol. The number of amides is 1. The van der Waals surface area contributed by atoms with Crippen molar-refractivity contribution in [3.8, 4) is 5.75 Å². The minimum absolute atomic E-state index is 0.194. The molecule has 1 aromatic carbocycles. The molecule has 0 aliphatic rings. The van der Waals surface area contributed by atoms with Gasteiger partial charge in [0.1, 0.15) is 11.4 Å². The highest BCUT2D eigenvalue weighted by molar-refractivity contribution is 9.10. The predicted octanol–water partition coefficient (Wildman–Crippen LogP) is 3.50. The molecule has 0 saturated heterocycles. The molecule has 0 atom stereocenters. The summed E-state index contributed by atoms with van der Waals surface area (Å²) in [5.41, 5.74) is 7.58. The number of nitrogens with one attached hydrogen (secondary N) is 1. The molecular formula is C15H18BrN3O2. The molecular weight excluding hydrogens is 334 g/mol. The van der Waals surface area contributed by atoms with Gasteiger partial charge in [-0.15, -0.1) is 0 Å². The van der Waals surface area contributed by atoms with Crippen LogP contribution >= 0.6 is 15.9 Å². The lowest BCUT2D eigenvalue weighted by Gasteiger charge is -2.10. The molecule has 0 radical (unpaired) electrons. The van der Waals surface area contributed by atoms with E-state index in [1.54, 1.807) is 25.4 Å². The largest absolute Gasteiger partial charge is 0.497 e. The second kappa shape index (κ2) is 6.67. The van der Waals surface area contributed by atoms with Gasteiger partial charge in [-0.1, -0.05) is 22.9 Å². The zero-order valence-electron chi connectivity index (χ0n) is 12.0. The first-order valence-corrected chi connectivity index (χ1v) is 7.44. The Morgan fingerprint density at radius 3 is 2.81 bits per heavy atom. The average Bonchev–Trinajstić information content (AvgIpc) is 2.79. The number of hydrogen-bond donors (Lipinski definition) is 2. The summed E-state index contributed by atoms with van der Waals surface area (Å²) in [7, 11) is 1.58. The maximum absolute atomic E-state index is 12.4. The number of benzene rings is 1. The Hall–Kier alpha value is -1.95. The van der Waals surface area contributed by atoms with Crippen LogP contribution in [0.3, 0.4) is 0 Å². The fourth-order valence-electron chi connectivity index (χ4n) is 2.10. The van der Waals surface area contributed by atoms with E-state index in [-0.39, 0.29) is 5.91 Å². The summed E-state index contributed by atoms with van der Waals surface area (Å²) in [5, 5.41) is 2.86. The van der Waals surface area contributed by atoms with E-state index in [0.29, 0.717) is 22.8 Å². The number of aromatic nitrogens is 1. The van der Waals surface area contributed by atoms with Gasteiger partial charge in [-0.2, -0.15) is 0 Å². The highest BCUT2D eigenvalue weighted by Gasteiger charge is 2.13. The third-order valence-corrected chi connectivity index (χ3v) is 3.44. The molecule has 0 unspecified atom stereocenters. The van der Waals surface area contributed by atoms with E-state index in [1.165, 1.54) is 0 Å². The van der Waals surface area contributed by atoms with Crippen LogP contribution in [0.5, 0.6) is 5.75 Å². The molecule has 3 N–H and O–H groups in total. The van der Waals surface area contributed by atoms with Crippen molar-refractivity contribution in [2.75, 3.05) is 18.2 Å². The topological polar surface area (TPSA) is 69.3 Å². The van der Waals surface area contributed by atoms with Crippen molar-refractivity contribution in [3.63, 3.8) is 0 Å². The Morgan fingerprint density at radius 1 is 1.38 bits per heavy atom. The SMILES string of the molecule is CCCn1cc(N)cc1C(=O)Nc1cc(Br)cc(OC)c1. The fraction of sp³-hybridized carbons (Fsp3) is 0.267. The number of nitrogens with two attached hydrogens (primary N) is 1. The first-order valence-electron chi connectivity index (χ1n) is 6.65. The molecule has 5 nitrogen and oxygen atoms in total. The van der Waals surface area contributed by atoms with E-state index < -0.39 is 0 Å². The third-order valence-electron chi connectivity index (χ3n) is 2.98. The molecule has 21 heavy (non-hydrogen) atoms. The van der Waals surface area contributed by atoms with E-state index in [4.69, 9.17) is 10.5 Å². The highest BCUT2D eigenvalue weighted by atomic mass is 79.9. The van der Waals surface area contributed by atoms with Crippen LogP contribution in [0.1, 0.15) is 23.8 Å². The van der Waals surface area contributed by atoms with Crippen molar-refractivity contribution in [3.05, 3.63) is 40.6 Å². The molecule has 0 bridgehead atoms. The number of anilines is 2. The van der Waals surface area contributed by atoms with E-state index >= 15 is 0 Å². The number of carbonyl (C=O) groups is 1. The predicted molar refractivity (Wildman–Crippen MR) is 87.8 cm³/mol. The molecule has 1 aromatic heterocycles. The summed E-state index contributed by atoms with van der Waals surface area (Å²) >= 11 is 3.39. The van der Waals surface area contributed by atoms with Crippen LogP contribution in [0.2, 0.25) is 0 Å². The van der Waals surface area contributed by atoms with Gasteiger partial charge in [0.05, 0.1) is 12.8 Å². The quantitative estimate of drug-likeness (QED) is 0.865. The lowest BCUT2D eigenvalue weighted by atomic mass is 10.3. The number of methoxy groups -OCH3 is 1. The maximum Gasteiger partial charge on any atom is 0.272 e. The molecule has 0 saturated carbocycles. The van der Waals surface area contributed by atoms with Crippen LogP contribution in [-0.2, 0) is 6.54 Å². The summed E-state index contributed by atoms with van der Waals surface area (Å²) in [6.07, 6.45) is 2.71. The standard InChI is InChI=1S/C15H18BrN3O2/c1-3-4-19-9-11(17)7-14(19)15(20)18-12-5-10(16)6-13(8-12)21-2/h5-9H,3-4,17H2,1-2H3,(H,18,20). The number of hydrogen-bond acceptors (Lipinski definition) is 3. The van der Waals surface area contributed by atoms with Crippen molar-refractivity contribution in [1.82, 2.24) is 4.57 Å². The zero-order valence-corrected chi connectivity index (χ0v) is 13.6. The minimum Gasteiger partial charge on any atom is -0.497 e. The van der Waals surface area contributed by atoms with Crippen molar-refractivity contribution in [2.45, 2.75) is 19.9 Å². The van der Waals surface area contributed by atoms with Crippen LogP contribution < -0.4 is 15.8 Å². The molecule has 0 aliphatic heterocycles. The van der Waals surface area contributed by atoms with E-state index in [1.807, 2.05) is 16.7 Å². The summed E-state index contributed by atoms with van der Waals surface area (Å²) < 4.78 is 7.88. The van der Waals surface area contributed by atoms with E-state index in [0.717, 1.165) is 17.4 Å². The van der Waals surface area contributed by atoms with Crippen molar-refractivity contribution < 1.29 is 9.53 Å². The second-order valence-electron chi connectivity index (χ2n) is 4.69. The summed E-state index contributed by atoms with van der Waals surface area (Å²) in [4.78, 5) is 12.4. The smallest absolute Gasteiger partial charge is 0.272 e. The van der Waals surface area contributed by atoms with E-state index in [9.17, 15) is 4.79 Å². The first kappa shape index (κ1) is 15.4. The van der Waals surface area contributed by atoms with Gasteiger partial charge in [-0.3, -0.25) is 4.79 Å². The Balaban J connectivity index is 2.23. The third kappa shape index (κ3) is 3.78. The number of halogens is 1. The van der Waals surface area contributed by atoms with Crippen LogP contribution in [-0.4, -0.2) is 17.6 Å². The summed E-state index contributed by atoms with van der Waals surface area (Å²) in [6, 6.07) is 7.09. The Labute approximate surface area is 132 Å². The summed E-state index contributed by atoms with van der Waals surface area (Å²) in [6.45, 7) is 2.80. The Bertz CT molecular complexity index is 652. The van der Waals surface area contributed by atoms with Gasteiger partial charge in [0.2, 0.25) is 0 Å². The molecule has 2 rings (SSSR count). The van der Waals surface area contributed by atoms with E-state index in [2.05, 4.69) is 28.2 Å². The van der Waals surface area contributed by atoms with Gasteiger partial charge < -0.3 is 20.4 Å². The lowest BCUT2D eigenvalue weighted by molar-refractivity contribution is 0.101. The Kier molecular flexibility index (Phi) is 4.90. The normalized spacial score (nSPS) is 10.4. The monoisotopic (exact) mass is 351 g/mol. The molecule has 0 spiro atoms. The van der Waals surface area contributed by atoms with Crippen LogP contribution in [0.25, 0.3) is 0 Å². The first-order chi connectivity index (χ1) is 10.0. The minimum atomic E-state index is -0.194. The second-order valence-corrected chi connectivity index (χ2v) is 5.60. The van der Waals surface area contributed by atoms with Crippen LogP contribution in [0.4, 0.5) is 11.4 Å². The van der Waals surface area contributed by atoms with Gasteiger partial charge in [0, 0.05) is 29.0 Å². The molecule has 1 amide bonds. The van der Waals surface area contributed by atoms with Crippen molar-refractivity contribution in [2.24, 2.45) is 0 Å².